The zero-order valence-corrected chi connectivity index (χ0v) is 20.9. The monoisotopic (exact) mass is 471 g/mol. The van der Waals surface area contributed by atoms with Crippen LogP contribution in [0.25, 0.3) is 10.9 Å². The van der Waals surface area contributed by atoms with Gasteiger partial charge in [-0.2, -0.15) is 0 Å². The number of piperidine rings is 1. The third-order valence-corrected chi connectivity index (χ3v) is 6.74. The number of fused-ring (bicyclic) bond motifs is 1. The van der Waals surface area contributed by atoms with Crippen LogP contribution >= 0.6 is 0 Å². The Morgan fingerprint density at radius 1 is 1.17 bits per heavy atom. The Hall–Kier alpha value is -3.18. The molecule has 1 aliphatic heterocycles. The first kappa shape index (κ1) is 24.9. The van der Waals surface area contributed by atoms with Crippen molar-refractivity contribution < 1.29 is 9.53 Å². The fraction of sp³-hybridized carbons (Fsp3) is 0.400. The molecule has 0 aliphatic carbocycles. The maximum Gasteiger partial charge on any atom is 0.223 e. The van der Waals surface area contributed by atoms with E-state index in [1.165, 1.54) is 22.9 Å². The van der Waals surface area contributed by atoms with Gasteiger partial charge in [0.1, 0.15) is 5.75 Å². The SMILES string of the molecule is C=CCCC(=O)N1CCCCC1CCOc1cccc(CN(C)Cc2cccc3cccnc23)c1. The second-order valence-corrected chi connectivity index (χ2v) is 9.51. The van der Waals surface area contributed by atoms with Gasteiger partial charge in [-0.15, -0.1) is 6.58 Å². The molecule has 2 heterocycles. The number of amides is 1. The van der Waals surface area contributed by atoms with E-state index >= 15 is 0 Å². The van der Waals surface area contributed by atoms with Crippen molar-refractivity contribution in [1.29, 1.82) is 0 Å². The second-order valence-electron chi connectivity index (χ2n) is 9.51. The molecule has 1 unspecified atom stereocenters. The third-order valence-electron chi connectivity index (χ3n) is 6.74. The number of carbonyl (C=O) groups is 1. The molecule has 2 aromatic carbocycles. The molecule has 0 N–H and O–H groups in total. The Labute approximate surface area is 209 Å². The number of hydrogen-bond acceptors (Lipinski definition) is 4. The maximum absolute atomic E-state index is 12.6. The predicted molar refractivity (Wildman–Crippen MR) is 142 cm³/mol. The summed E-state index contributed by atoms with van der Waals surface area (Å²) < 4.78 is 6.13. The van der Waals surface area contributed by atoms with Crippen molar-refractivity contribution >= 4 is 16.8 Å². The molecule has 1 amide bonds. The van der Waals surface area contributed by atoms with Crippen molar-refractivity contribution in [2.45, 2.75) is 57.7 Å². The Kier molecular flexibility index (Phi) is 8.90. The molecule has 184 valence electrons. The minimum atomic E-state index is 0.251. The van der Waals surface area contributed by atoms with Crippen LogP contribution < -0.4 is 4.74 Å². The van der Waals surface area contributed by atoms with Crippen LogP contribution in [0.1, 0.15) is 49.7 Å². The molecule has 5 heteroatoms. The summed E-state index contributed by atoms with van der Waals surface area (Å²) in [7, 11) is 2.14. The van der Waals surface area contributed by atoms with E-state index in [2.05, 4.69) is 70.9 Å². The number of aromatic nitrogens is 1. The summed E-state index contributed by atoms with van der Waals surface area (Å²) in [6.07, 6.45) is 9.21. The summed E-state index contributed by atoms with van der Waals surface area (Å²) in [6, 6.07) is 19.1. The molecule has 1 atom stereocenters. The van der Waals surface area contributed by atoms with Gasteiger partial charge in [0.25, 0.3) is 0 Å². The first-order chi connectivity index (χ1) is 17.1. The number of para-hydroxylation sites is 1. The smallest absolute Gasteiger partial charge is 0.223 e. The fourth-order valence-corrected chi connectivity index (χ4v) is 5.00. The van der Waals surface area contributed by atoms with Crippen molar-refractivity contribution in [2.24, 2.45) is 0 Å². The largest absolute Gasteiger partial charge is 0.494 e. The molecule has 35 heavy (non-hydrogen) atoms. The third kappa shape index (κ3) is 6.92. The minimum absolute atomic E-state index is 0.251. The van der Waals surface area contributed by atoms with Crippen molar-refractivity contribution in [1.82, 2.24) is 14.8 Å². The molecule has 5 nitrogen and oxygen atoms in total. The van der Waals surface area contributed by atoms with Crippen molar-refractivity contribution in [2.75, 3.05) is 20.2 Å². The average molecular weight is 472 g/mol. The van der Waals surface area contributed by atoms with Crippen LogP contribution in [-0.4, -0.2) is 46.9 Å². The summed E-state index contributed by atoms with van der Waals surface area (Å²) >= 11 is 0. The molecule has 1 saturated heterocycles. The maximum atomic E-state index is 12.6. The highest BCUT2D eigenvalue weighted by atomic mass is 16.5. The first-order valence-corrected chi connectivity index (χ1v) is 12.8. The zero-order chi connectivity index (χ0) is 24.5. The standard InChI is InChI=1S/C30H37N3O2/c1-3-4-16-29(34)33-19-6-5-14-27(33)17-20-35-28-15-7-10-24(21-28)22-32(2)23-26-12-8-11-25-13-9-18-31-30(25)26/h3,7-13,15,18,21,27H,1,4-6,14,16-17,19-20,22-23H2,2H3. The van der Waals surface area contributed by atoms with E-state index in [4.69, 9.17) is 4.74 Å². The lowest BCUT2D eigenvalue weighted by atomic mass is 9.99. The van der Waals surface area contributed by atoms with E-state index in [1.54, 1.807) is 0 Å². The number of benzene rings is 2. The number of allylic oxidation sites excluding steroid dienone is 1. The highest BCUT2D eigenvalue weighted by Crippen LogP contribution is 2.23. The van der Waals surface area contributed by atoms with Gasteiger partial charge in [0.2, 0.25) is 5.91 Å². The van der Waals surface area contributed by atoms with Crippen LogP contribution in [0.3, 0.4) is 0 Å². The van der Waals surface area contributed by atoms with Gasteiger partial charge >= 0.3 is 0 Å². The molecule has 3 aromatic rings. The van der Waals surface area contributed by atoms with Crippen molar-refractivity contribution in [3.63, 3.8) is 0 Å². The van der Waals surface area contributed by atoms with Gasteiger partial charge in [0.05, 0.1) is 12.1 Å². The van der Waals surface area contributed by atoms with E-state index in [9.17, 15) is 4.79 Å². The van der Waals surface area contributed by atoms with Gasteiger partial charge in [0.15, 0.2) is 0 Å². The normalized spacial score (nSPS) is 15.9. The van der Waals surface area contributed by atoms with Gasteiger partial charge in [-0.05, 0) is 62.1 Å². The van der Waals surface area contributed by atoms with Crippen LogP contribution in [0.2, 0.25) is 0 Å². The fourth-order valence-electron chi connectivity index (χ4n) is 5.00. The summed E-state index contributed by atoms with van der Waals surface area (Å²) in [4.78, 5) is 21.5. The van der Waals surface area contributed by atoms with Crippen LogP contribution in [0.15, 0.2) is 73.4 Å². The van der Waals surface area contributed by atoms with E-state index in [0.717, 1.165) is 56.6 Å². The van der Waals surface area contributed by atoms with E-state index < -0.39 is 0 Å². The van der Waals surface area contributed by atoms with Gasteiger partial charge in [-0.25, -0.2) is 0 Å². The number of carbonyl (C=O) groups excluding carboxylic acids is 1. The second kappa shape index (κ2) is 12.5. The molecule has 1 aromatic heterocycles. The van der Waals surface area contributed by atoms with Gasteiger partial charge in [-0.1, -0.05) is 42.5 Å². The minimum Gasteiger partial charge on any atom is -0.494 e. The highest BCUT2D eigenvalue weighted by Gasteiger charge is 2.25. The Morgan fingerprint density at radius 3 is 2.91 bits per heavy atom. The average Bonchev–Trinajstić information content (AvgIpc) is 2.88. The van der Waals surface area contributed by atoms with Crippen molar-refractivity contribution in [3.8, 4) is 5.75 Å². The van der Waals surface area contributed by atoms with Gasteiger partial charge in [-0.3, -0.25) is 14.7 Å². The summed E-state index contributed by atoms with van der Waals surface area (Å²) in [6.45, 7) is 6.89. The van der Waals surface area contributed by atoms with Crippen LogP contribution in [-0.2, 0) is 17.9 Å². The van der Waals surface area contributed by atoms with E-state index in [0.29, 0.717) is 13.0 Å². The van der Waals surface area contributed by atoms with Crippen molar-refractivity contribution in [3.05, 3.63) is 84.6 Å². The lowest BCUT2D eigenvalue weighted by molar-refractivity contribution is -0.135. The van der Waals surface area contributed by atoms with E-state index in [1.807, 2.05) is 24.4 Å². The highest BCUT2D eigenvalue weighted by molar-refractivity contribution is 5.81. The lowest BCUT2D eigenvalue weighted by Crippen LogP contribution is -2.44. The van der Waals surface area contributed by atoms with Crippen LogP contribution in [0.4, 0.5) is 0 Å². The number of pyridine rings is 1. The number of rotatable bonds is 11. The topological polar surface area (TPSA) is 45.7 Å². The lowest BCUT2D eigenvalue weighted by Gasteiger charge is -2.36. The predicted octanol–water partition coefficient (Wildman–Crippen LogP) is 5.98. The molecule has 1 aliphatic rings. The van der Waals surface area contributed by atoms with Gasteiger partial charge in [0, 0.05) is 50.1 Å². The Morgan fingerprint density at radius 2 is 2.03 bits per heavy atom. The first-order valence-electron chi connectivity index (χ1n) is 12.8. The molecule has 4 rings (SSSR count). The molecule has 0 radical (unpaired) electrons. The molecule has 1 fully saturated rings. The van der Waals surface area contributed by atoms with Gasteiger partial charge < -0.3 is 9.64 Å². The number of hydrogen-bond donors (Lipinski definition) is 0. The summed E-state index contributed by atoms with van der Waals surface area (Å²) in [5, 5.41) is 1.17. The number of ether oxygens (including phenoxy) is 1. The molecule has 0 bridgehead atoms. The quantitative estimate of drug-likeness (QED) is 0.323. The molecular weight excluding hydrogens is 434 g/mol. The van der Waals surface area contributed by atoms with Crippen LogP contribution in [0.5, 0.6) is 5.75 Å². The number of likely N-dealkylation sites (tertiary alicyclic amines) is 1. The number of nitrogens with zero attached hydrogens (tertiary/aromatic N) is 3. The zero-order valence-electron chi connectivity index (χ0n) is 20.9. The molecular formula is C30H37N3O2. The Balaban J connectivity index is 1.30. The summed E-state index contributed by atoms with van der Waals surface area (Å²) in [5.74, 6) is 1.14. The summed E-state index contributed by atoms with van der Waals surface area (Å²) in [5.41, 5.74) is 3.52. The molecule has 0 saturated carbocycles. The Bertz CT molecular complexity index is 1120. The van der Waals surface area contributed by atoms with Crippen LogP contribution in [0, 0.1) is 0 Å². The molecule has 0 spiro atoms. The van der Waals surface area contributed by atoms with E-state index in [-0.39, 0.29) is 11.9 Å².